The lowest BCUT2D eigenvalue weighted by atomic mass is 10.2. The highest BCUT2D eigenvalue weighted by molar-refractivity contribution is 7.13. The standard InChI is InChI=1S/C26H24N4O4S/c31-24(27-19-8-10-20(11-9-19)29-12-14-33-15-13-29)18-34-26(32)22-17-30(21-5-2-1-3-6-21)28-25(22)23-7-4-16-35-23/h1-11,16-17H,12-15,18H2,(H,27,31). The van der Waals surface area contributed by atoms with Gasteiger partial charge in [0.25, 0.3) is 5.91 Å². The maximum absolute atomic E-state index is 12.9. The number of carbonyl (C=O) groups excluding carboxylic acids is 2. The second-order valence-electron chi connectivity index (χ2n) is 7.92. The van der Waals surface area contributed by atoms with Gasteiger partial charge in [0, 0.05) is 30.7 Å². The number of hydrogen-bond acceptors (Lipinski definition) is 7. The SMILES string of the molecule is O=C(COC(=O)c1cn(-c2ccccc2)nc1-c1cccs1)Nc1ccc(N2CCOCC2)cc1. The van der Waals surface area contributed by atoms with E-state index in [1.807, 2.05) is 72.1 Å². The van der Waals surface area contributed by atoms with Crippen molar-refractivity contribution in [3.05, 3.63) is 83.9 Å². The minimum Gasteiger partial charge on any atom is -0.452 e. The highest BCUT2D eigenvalue weighted by Crippen LogP contribution is 2.28. The molecule has 178 valence electrons. The van der Waals surface area contributed by atoms with Crippen LogP contribution in [0.3, 0.4) is 0 Å². The number of para-hydroxylation sites is 1. The lowest BCUT2D eigenvalue weighted by Crippen LogP contribution is -2.36. The molecule has 35 heavy (non-hydrogen) atoms. The third kappa shape index (κ3) is 5.42. The van der Waals surface area contributed by atoms with Crippen LogP contribution < -0.4 is 10.2 Å². The Hall–Kier alpha value is -3.95. The summed E-state index contributed by atoms with van der Waals surface area (Å²) in [6, 6.07) is 20.9. The maximum Gasteiger partial charge on any atom is 0.342 e. The Bertz CT molecular complexity index is 1280. The molecule has 0 spiro atoms. The number of thiophene rings is 1. The van der Waals surface area contributed by atoms with Gasteiger partial charge in [-0.2, -0.15) is 5.10 Å². The molecular formula is C26H24N4O4S. The van der Waals surface area contributed by atoms with Crippen molar-refractivity contribution in [1.82, 2.24) is 9.78 Å². The maximum atomic E-state index is 12.9. The van der Waals surface area contributed by atoms with Crippen LogP contribution in [0.15, 0.2) is 78.3 Å². The summed E-state index contributed by atoms with van der Waals surface area (Å²) in [5.41, 5.74) is 3.36. The molecule has 2 aromatic carbocycles. The molecule has 5 rings (SSSR count). The van der Waals surface area contributed by atoms with Crippen LogP contribution >= 0.6 is 11.3 Å². The lowest BCUT2D eigenvalue weighted by Gasteiger charge is -2.28. The van der Waals surface area contributed by atoms with Crippen LogP contribution in [0.2, 0.25) is 0 Å². The zero-order valence-corrected chi connectivity index (χ0v) is 19.7. The Morgan fingerprint density at radius 1 is 0.971 bits per heavy atom. The Kier molecular flexibility index (Phi) is 6.87. The molecule has 0 aliphatic carbocycles. The molecule has 0 bridgehead atoms. The van der Waals surface area contributed by atoms with E-state index in [1.54, 1.807) is 10.9 Å². The molecular weight excluding hydrogens is 464 g/mol. The Labute approximate surface area is 206 Å². The van der Waals surface area contributed by atoms with Crippen LogP contribution in [0.1, 0.15) is 10.4 Å². The fourth-order valence-electron chi connectivity index (χ4n) is 3.81. The monoisotopic (exact) mass is 488 g/mol. The molecule has 1 aliphatic rings. The molecule has 9 heteroatoms. The van der Waals surface area contributed by atoms with Crippen molar-refractivity contribution >= 4 is 34.6 Å². The van der Waals surface area contributed by atoms with E-state index in [0.29, 0.717) is 30.2 Å². The Morgan fingerprint density at radius 2 is 1.74 bits per heavy atom. The van der Waals surface area contributed by atoms with Crippen LogP contribution in [0.4, 0.5) is 11.4 Å². The summed E-state index contributed by atoms with van der Waals surface area (Å²) in [6.07, 6.45) is 1.63. The molecule has 4 aromatic rings. The van der Waals surface area contributed by atoms with Crippen molar-refractivity contribution in [2.45, 2.75) is 0 Å². The molecule has 1 fully saturated rings. The van der Waals surface area contributed by atoms with E-state index < -0.39 is 18.5 Å². The molecule has 3 heterocycles. The highest BCUT2D eigenvalue weighted by atomic mass is 32.1. The number of rotatable bonds is 7. The minimum absolute atomic E-state index is 0.305. The first-order valence-electron chi connectivity index (χ1n) is 11.3. The van der Waals surface area contributed by atoms with Crippen LogP contribution in [0.25, 0.3) is 16.3 Å². The summed E-state index contributed by atoms with van der Waals surface area (Å²) in [5, 5.41) is 9.29. The van der Waals surface area contributed by atoms with Gasteiger partial charge in [-0.3, -0.25) is 4.79 Å². The average Bonchev–Trinajstić information content (AvgIpc) is 3.59. The van der Waals surface area contributed by atoms with E-state index >= 15 is 0 Å². The number of benzene rings is 2. The second-order valence-corrected chi connectivity index (χ2v) is 8.87. The first-order valence-corrected chi connectivity index (χ1v) is 12.1. The number of nitrogens with zero attached hydrogens (tertiary/aromatic N) is 3. The van der Waals surface area contributed by atoms with Crippen LogP contribution in [0.5, 0.6) is 0 Å². The number of esters is 1. The van der Waals surface area contributed by atoms with Gasteiger partial charge < -0.3 is 19.7 Å². The highest BCUT2D eigenvalue weighted by Gasteiger charge is 2.21. The van der Waals surface area contributed by atoms with E-state index in [0.717, 1.165) is 29.3 Å². The van der Waals surface area contributed by atoms with Crippen LogP contribution in [-0.2, 0) is 14.3 Å². The summed E-state index contributed by atoms with van der Waals surface area (Å²) in [5.74, 6) is -1.01. The van der Waals surface area contributed by atoms with E-state index in [4.69, 9.17) is 9.47 Å². The first kappa shape index (κ1) is 22.8. The Morgan fingerprint density at radius 3 is 2.46 bits per heavy atom. The number of amides is 1. The molecule has 1 aliphatic heterocycles. The number of aromatic nitrogens is 2. The molecule has 0 saturated carbocycles. The zero-order valence-electron chi connectivity index (χ0n) is 18.9. The van der Waals surface area contributed by atoms with Crippen molar-refractivity contribution in [2.24, 2.45) is 0 Å². The van der Waals surface area contributed by atoms with Gasteiger partial charge in [0.1, 0.15) is 11.3 Å². The van der Waals surface area contributed by atoms with Crippen molar-refractivity contribution in [3.8, 4) is 16.3 Å². The van der Waals surface area contributed by atoms with Gasteiger partial charge in [-0.25, -0.2) is 9.48 Å². The van der Waals surface area contributed by atoms with E-state index in [9.17, 15) is 9.59 Å². The smallest absolute Gasteiger partial charge is 0.342 e. The molecule has 8 nitrogen and oxygen atoms in total. The predicted molar refractivity (Wildman–Crippen MR) is 135 cm³/mol. The fraction of sp³-hybridized carbons (Fsp3) is 0.192. The van der Waals surface area contributed by atoms with E-state index in [2.05, 4.69) is 15.3 Å². The molecule has 0 unspecified atom stereocenters. The summed E-state index contributed by atoms with van der Waals surface area (Å²) in [6.45, 7) is 2.71. The number of anilines is 2. The largest absolute Gasteiger partial charge is 0.452 e. The fourth-order valence-corrected chi connectivity index (χ4v) is 4.54. The second kappa shape index (κ2) is 10.5. The summed E-state index contributed by atoms with van der Waals surface area (Å²) < 4.78 is 12.4. The summed E-state index contributed by atoms with van der Waals surface area (Å²) >= 11 is 1.48. The summed E-state index contributed by atoms with van der Waals surface area (Å²) in [7, 11) is 0. The van der Waals surface area contributed by atoms with Crippen molar-refractivity contribution in [2.75, 3.05) is 43.1 Å². The van der Waals surface area contributed by atoms with Crippen LogP contribution in [-0.4, -0.2) is 54.6 Å². The van der Waals surface area contributed by atoms with Gasteiger partial charge in [-0.15, -0.1) is 11.3 Å². The normalized spacial score (nSPS) is 13.4. The third-order valence-electron chi connectivity index (χ3n) is 5.57. The molecule has 1 amide bonds. The van der Waals surface area contributed by atoms with E-state index in [-0.39, 0.29) is 0 Å². The average molecular weight is 489 g/mol. The van der Waals surface area contributed by atoms with Crippen molar-refractivity contribution in [1.29, 1.82) is 0 Å². The quantitative estimate of drug-likeness (QED) is 0.392. The molecule has 0 atom stereocenters. The third-order valence-corrected chi connectivity index (χ3v) is 6.45. The molecule has 0 radical (unpaired) electrons. The topological polar surface area (TPSA) is 85.7 Å². The van der Waals surface area contributed by atoms with Gasteiger partial charge in [0.2, 0.25) is 0 Å². The first-order chi connectivity index (χ1) is 17.2. The molecule has 1 N–H and O–H groups in total. The predicted octanol–water partition coefficient (Wildman–Crippen LogP) is 4.23. The van der Waals surface area contributed by atoms with Gasteiger partial charge in [0.15, 0.2) is 6.61 Å². The van der Waals surface area contributed by atoms with Gasteiger partial charge >= 0.3 is 5.97 Å². The molecule has 1 saturated heterocycles. The number of carbonyl (C=O) groups is 2. The summed E-state index contributed by atoms with van der Waals surface area (Å²) in [4.78, 5) is 28.4. The number of ether oxygens (including phenoxy) is 2. The van der Waals surface area contributed by atoms with Gasteiger partial charge in [-0.1, -0.05) is 24.3 Å². The number of hydrogen-bond donors (Lipinski definition) is 1. The van der Waals surface area contributed by atoms with Crippen molar-refractivity contribution in [3.63, 3.8) is 0 Å². The van der Waals surface area contributed by atoms with Crippen LogP contribution in [0, 0.1) is 0 Å². The lowest BCUT2D eigenvalue weighted by molar-refractivity contribution is -0.119. The number of nitrogens with one attached hydrogen (secondary N) is 1. The van der Waals surface area contributed by atoms with Gasteiger partial charge in [0.05, 0.1) is 23.8 Å². The molecule has 2 aromatic heterocycles. The van der Waals surface area contributed by atoms with Gasteiger partial charge in [-0.05, 0) is 47.8 Å². The Balaban J connectivity index is 1.23. The van der Waals surface area contributed by atoms with E-state index in [1.165, 1.54) is 11.3 Å². The van der Waals surface area contributed by atoms with Crippen molar-refractivity contribution < 1.29 is 19.1 Å². The zero-order chi connectivity index (χ0) is 24.0. The number of morpholine rings is 1. The minimum atomic E-state index is -0.603.